The number of carbonyl (C=O) groups excluding carboxylic acids is 4. The van der Waals surface area contributed by atoms with Gasteiger partial charge in [-0.2, -0.15) is 0 Å². The lowest BCUT2D eigenvalue weighted by molar-refractivity contribution is -0.161. The number of phosphoric ester groups is 2. The quantitative estimate of drug-likeness (QED) is 0.0169. The molecule has 0 radical (unpaired) electrons. The summed E-state index contributed by atoms with van der Waals surface area (Å²) >= 11 is 0. The lowest BCUT2D eigenvalue weighted by Gasteiger charge is -2.21. The Bertz CT molecular complexity index is 2800. The van der Waals surface area contributed by atoms with Gasteiger partial charge in [0.1, 0.15) is 19.3 Å². The molecule has 17 nitrogen and oxygen atoms in total. The van der Waals surface area contributed by atoms with Crippen LogP contribution in [0.4, 0.5) is 0 Å². The first-order valence-electron chi connectivity index (χ1n) is 42.0. The molecule has 0 rings (SSSR count). The maximum Gasteiger partial charge on any atom is 0.472 e. The SMILES string of the molecule is CC/C=C\C/C=C\C/C=C\C/C=C\C/C=C\C/C=C\CCC(=O)OCC(COP(=O)(O)OCC(O)COP(=O)(O)OCC(COC(=O)CCCCCCCC/C=C\C/C=C\C/C=C\CCCCC)OC(=O)CCCCCCC/C=C\C/C=C\CCCCC)OC(=O)CCCCCC/C=C\C/C=C\C/C=C\C/C=C\CC. The molecule has 0 saturated carbocycles. The molecule has 0 amide bonds. The van der Waals surface area contributed by atoms with E-state index in [1.54, 1.807) is 0 Å². The number of ether oxygens (including phenoxy) is 4. The highest BCUT2D eigenvalue weighted by Gasteiger charge is 2.30. The number of hydrogen-bond donors (Lipinski definition) is 3. The van der Waals surface area contributed by atoms with Gasteiger partial charge in [-0.15, -0.1) is 0 Å². The largest absolute Gasteiger partial charge is 0.472 e. The van der Waals surface area contributed by atoms with E-state index < -0.39 is 97.5 Å². The van der Waals surface area contributed by atoms with Gasteiger partial charge in [-0.25, -0.2) is 9.13 Å². The van der Waals surface area contributed by atoms with Crippen LogP contribution in [0.3, 0.4) is 0 Å². The van der Waals surface area contributed by atoms with Crippen LogP contribution in [-0.2, 0) is 65.4 Å². The molecule has 0 aliphatic heterocycles. The van der Waals surface area contributed by atoms with Gasteiger partial charge in [0.15, 0.2) is 12.2 Å². The Morgan fingerprint density at radius 2 is 0.491 bits per heavy atom. The van der Waals surface area contributed by atoms with Gasteiger partial charge in [-0.3, -0.25) is 37.3 Å². The second-order valence-electron chi connectivity index (χ2n) is 27.3. The van der Waals surface area contributed by atoms with Crippen LogP contribution < -0.4 is 0 Å². The smallest absolute Gasteiger partial charge is 0.462 e. The van der Waals surface area contributed by atoms with Gasteiger partial charge in [0.25, 0.3) is 0 Å². The van der Waals surface area contributed by atoms with Crippen molar-refractivity contribution in [3.8, 4) is 0 Å². The summed E-state index contributed by atoms with van der Waals surface area (Å²) in [4.78, 5) is 73.2. The number of aliphatic hydroxyl groups is 1. The standard InChI is InChI=1S/C91H148O17P2/c1-5-9-13-17-21-25-29-33-37-40-42-45-48-51-55-59-63-67-71-75-88(93)101-81-86(107-90(95)77-73-69-65-61-57-53-47-36-32-28-24-20-16-12-8-4)83-105-109(97,98)103-79-85(92)80-104-110(99,100)106-84-87(108-91(96)78-74-70-66-62-58-54-50-44-39-35-31-27-23-19-15-11-7-3)82-102-89(94)76-72-68-64-60-56-52-49-46-43-41-38-34-30-26-22-18-14-10-6-2/h10-11,14-15,21-28,33-39,42-43,45-47,50,52,54,56,64,68,85-87,92H,5-9,12-13,16-20,29-32,40-41,44,48-49,51,53,55,57-63,65-67,69-84H2,1-4H3,(H,97,98)(H,99,100)/b14-10-,15-11-,25-21-,26-22-,27-23-,28-24-,37-33-,38-34-,39-35-,45-42-,46-43-,47-36-,54-50-,56-52-,68-64-. The molecule has 0 aromatic carbocycles. The van der Waals surface area contributed by atoms with Crippen molar-refractivity contribution in [2.75, 3.05) is 39.6 Å². The summed E-state index contributed by atoms with van der Waals surface area (Å²) in [5.74, 6) is -2.34. The molecule has 5 atom stereocenters. The van der Waals surface area contributed by atoms with Gasteiger partial charge in [-0.1, -0.05) is 293 Å². The molecule has 0 heterocycles. The summed E-state index contributed by atoms with van der Waals surface area (Å²) in [5, 5.41) is 10.7. The maximum atomic E-state index is 13.1. The first kappa shape index (κ1) is 104. The lowest BCUT2D eigenvalue weighted by atomic mass is 10.1. The van der Waals surface area contributed by atoms with Crippen molar-refractivity contribution in [3.05, 3.63) is 182 Å². The minimum Gasteiger partial charge on any atom is -0.462 e. The monoisotopic (exact) mass is 1580 g/mol. The highest BCUT2D eigenvalue weighted by Crippen LogP contribution is 2.45. The Morgan fingerprint density at radius 1 is 0.264 bits per heavy atom. The normalized spacial score (nSPS) is 14.7. The number of carbonyl (C=O) groups is 4. The van der Waals surface area contributed by atoms with Gasteiger partial charge in [0, 0.05) is 25.7 Å². The van der Waals surface area contributed by atoms with Crippen molar-refractivity contribution in [1.29, 1.82) is 0 Å². The minimum absolute atomic E-state index is 0.0232. The Morgan fingerprint density at radius 3 is 0.782 bits per heavy atom. The van der Waals surface area contributed by atoms with Crippen molar-refractivity contribution in [1.82, 2.24) is 0 Å². The number of rotatable bonds is 77. The second kappa shape index (κ2) is 81.2. The number of esters is 4. The molecule has 624 valence electrons. The number of hydrogen-bond acceptors (Lipinski definition) is 15. The van der Waals surface area contributed by atoms with Crippen LogP contribution in [0.2, 0.25) is 0 Å². The molecule has 0 spiro atoms. The van der Waals surface area contributed by atoms with Crippen LogP contribution in [0.25, 0.3) is 0 Å². The number of allylic oxidation sites excluding steroid dienone is 30. The first-order valence-corrected chi connectivity index (χ1v) is 45.0. The fraction of sp³-hybridized carbons (Fsp3) is 0.626. The molecule has 0 bridgehead atoms. The average Bonchev–Trinajstić information content (AvgIpc) is 0.906. The molecule has 110 heavy (non-hydrogen) atoms. The topological polar surface area (TPSA) is 237 Å². The molecule has 0 fully saturated rings. The van der Waals surface area contributed by atoms with E-state index in [1.165, 1.54) is 38.5 Å². The zero-order valence-corrected chi connectivity index (χ0v) is 70.1. The molecule has 0 aliphatic carbocycles. The van der Waals surface area contributed by atoms with Crippen LogP contribution in [0.15, 0.2) is 182 Å². The van der Waals surface area contributed by atoms with Crippen LogP contribution in [0.1, 0.15) is 310 Å². The zero-order valence-electron chi connectivity index (χ0n) is 68.4. The molecule has 0 aromatic rings. The van der Waals surface area contributed by atoms with Crippen molar-refractivity contribution >= 4 is 39.5 Å². The molecular weight excluding hydrogens is 1430 g/mol. The van der Waals surface area contributed by atoms with Crippen LogP contribution >= 0.6 is 15.6 Å². The summed E-state index contributed by atoms with van der Waals surface area (Å²) in [6.07, 6.45) is 98.7. The van der Waals surface area contributed by atoms with Gasteiger partial charge in [-0.05, 0) is 173 Å². The Kier molecular flexibility index (Phi) is 76.9. The molecule has 0 saturated heterocycles. The predicted octanol–water partition coefficient (Wildman–Crippen LogP) is 25.1. The third-order valence-electron chi connectivity index (χ3n) is 16.8. The predicted molar refractivity (Wildman–Crippen MR) is 454 cm³/mol. The van der Waals surface area contributed by atoms with Crippen LogP contribution in [-0.4, -0.2) is 96.7 Å². The fourth-order valence-corrected chi connectivity index (χ4v) is 12.1. The Balaban J connectivity index is 5.50. The summed E-state index contributed by atoms with van der Waals surface area (Å²) in [5.41, 5.74) is 0. The van der Waals surface area contributed by atoms with E-state index in [0.29, 0.717) is 32.1 Å². The minimum atomic E-state index is -5.02. The molecule has 5 unspecified atom stereocenters. The first-order chi connectivity index (χ1) is 53.7. The van der Waals surface area contributed by atoms with Gasteiger partial charge in [0.05, 0.1) is 26.4 Å². The molecule has 0 aromatic heterocycles. The summed E-state index contributed by atoms with van der Waals surface area (Å²) < 4.78 is 68.7. The average molecular weight is 1580 g/mol. The number of phosphoric acid groups is 2. The lowest BCUT2D eigenvalue weighted by Crippen LogP contribution is -2.30. The van der Waals surface area contributed by atoms with E-state index in [1.807, 2.05) is 18.2 Å². The third-order valence-corrected chi connectivity index (χ3v) is 18.7. The molecule has 19 heteroatoms. The summed E-state index contributed by atoms with van der Waals surface area (Å²) in [6, 6.07) is 0. The van der Waals surface area contributed by atoms with E-state index in [4.69, 9.17) is 37.0 Å². The van der Waals surface area contributed by atoms with E-state index in [0.717, 1.165) is 186 Å². The van der Waals surface area contributed by atoms with Crippen LogP contribution in [0.5, 0.6) is 0 Å². The highest BCUT2D eigenvalue weighted by molar-refractivity contribution is 7.47. The van der Waals surface area contributed by atoms with Gasteiger partial charge < -0.3 is 33.8 Å². The molecule has 3 N–H and O–H groups in total. The number of unbranched alkanes of at least 4 members (excludes halogenated alkanes) is 21. The van der Waals surface area contributed by atoms with Crippen molar-refractivity contribution in [2.45, 2.75) is 329 Å². The van der Waals surface area contributed by atoms with E-state index in [-0.39, 0.29) is 25.7 Å². The van der Waals surface area contributed by atoms with Crippen LogP contribution in [0, 0.1) is 0 Å². The van der Waals surface area contributed by atoms with E-state index >= 15 is 0 Å². The van der Waals surface area contributed by atoms with Crippen molar-refractivity contribution in [3.63, 3.8) is 0 Å². The van der Waals surface area contributed by atoms with Crippen molar-refractivity contribution < 1.29 is 80.2 Å². The third kappa shape index (κ3) is 80.2. The number of aliphatic hydroxyl groups excluding tert-OH is 1. The van der Waals surface area contributed by atoms with Gasteiger partial charge >= 0.3 is 39.5 Å². The molecule has 0 aliphatic rings. The van der Waals surface area contributed by atoms with E-state index in [2.05, 4.69) is 192 Å². The summed E-state index contributed by atoms with van der Waals surface area (Å²) in [7, 11) is -10.0. The van der Waals surface area contributed by atoms with Crippen molar-refractivity contribution in [2.24, 2.45) is 0 Å². The Labute approximate surface area is 666 Å². The summed E-state index contributed by atoms with van der Waals surface area (Å²) in [6.45, 7) is 4.45. The highest BCUT2D eigenvalue weighted by atomic mass is 31.2. The Hall–Kier alpha value is -5.84. The van der Waals surface area contributed by atoms with E-state index in [9.17, 15) is 43.2 Å². The maximum absolute atomic E-state index is 13.1. The molecular formula is C91H148O17P2. The second-order valence-corrected chi connectivity index (χ2v) is 30.2. The fourth-order valence-electron chi connectivity index (χ4n) is 10.5. The van der Waals surface area contributed by atoms with Gasteiger partial charge in [0.2, 0.25) is 0 Å². The zero-order chi connectivity index (χ0) is 80.3.